The summed E-state index contributed by atoms with van der Waals surface area (Å²) in [6.45, 7) is 2.16. The smallest absolute Gasteiger partial charge is 0.265 e. The zero-order valence-corrected chi connectivity index (χ0v) is 9.28. The third-order valence-electron chi connectivity index (χ3n) is 1.89. The first-order valence-electron chi connectivity index (χ1n) is 4.63. The lowest BCUT2D eigenvalue weighted by molar-refractivity contribution is 0.0953. The summed E-state index contributed by atoms with van der Waals surface area (Å²) in [5.41, 5.74) is 0.704. The van der Waals surface area contributed by atoms with Crippen LogP contribution in [0.3, 0.4) is 0 Å². The van der Waals surface area contributed by atoms with E-state index in [0.29, 0.717) is 22.8 Å². The Hall–Kier alpha value is -1.90. The maximum Gasteiger partial charge on any atom is 0.265 e. The van der Waals surface area contributed by atoms with E-state index in [4.69, 9.17) is 0 Å². The van der Waals surface area contributed by atoms with Gasteiger partial charge in [-0.2, -0.15) is 5.21 Å². The van der Waals surface area contributed by atoms with Gasteiger partial charge in [-0.15, -0.1) is 15.3 Å². The topological polar surface area (TPSA) is 109 Å². The van der Waals surface area contributed by atoms with Gasteiger partial charge in [0.2, 0.25) is 0 Å². The van der Waals surface area contributed by atoms with Gasteiger partial charge in [0, 0.05) is 0 Å². The van der Waals surface area contributed by atoms with E-state index >= 15 is 0 Å². The highest BCUT2D eigenvalue weighted by atomic mass is 32.1. The molecule has 0 atom stereocenters. The van der Waals surface area contributed by atoms with E-state index in [2.05, 4.69) is 35.5 Å². The first kappa shape index (κ1) is 10.6. The fourth-order valence-electron chi connectivity index (χ4n) is 1.11. The number of carbonyl (C=O) groups is 1. The van der Waals surface area contributed by atoms with Gasteiger partial charge in [-0.3, -0.25) is 4.79 Å². The second-order valence-electron chi connectivity index (χ2n) is 2.91. The fraction of sp³-hybridized carbons (Fsp3) is 0.429. The van der Waals surface area contributed by atoms with Gasteiger partial charge in [-0.1, -0.05) is 16.6 Å². The van der Waals surface area contributed by atoms with E-state index in [1.165, 1.54) is 0 Å². The summed E-state index contributed by atoms with van der Waals surface area (Å²) in [7, 11) is 0. The molecule has 16 heavy (non-hydrogen) atoms. The van der Waals surface area contributed by atoms with Crippen molar-refractivity contribution in [1.29, 1.82) is 0 Å². The van der Waals surface area contributed by atoms with Crippen LogP contribution in [-0.4, -0.2) is 36.1 Å². The molecule has 0 aliphatic carbocycles. The molecule has 0 bridgehead atoms. The molecule has 0 spiro atoms. The van der Waals surface area contributed by atoms with Gasteiger partial charge in [0.25, 0.3) is 5.91 Å². The summed E-state index contributed by atoms with van der Waals surface area (Å²) in [5, 5.41) is 19.7. The number of aromatic amines is 1. The van der Waals surface area contributed by atoms with Gasteiger partial charge in [0.1, 0.15) is 4.88 Å². The standard InChI is InChI=1S/C7H9N7OS/c1-2-4-6(16-14-9-4)7(15)8-3-5-10-12-13-11-5/h2-3H2,1H3,(H,8,15)(H,10,11,12,13). The molecule has 1 amide bonds. The monoisotopic (exact) mass is 239 g/mol. The molecule has 8 nitrogen and oxygen atoms in total. The van der Waals surface area contributed by atoms with E-state index in [0.717, 1.165) is 11.5 Å². The minimum absolute atomic E-state index is 0.211. The average molecular weight is 239 g/mol. The van der Waals surface area contributed by atoms with E-state index in [-0.39, 0.29) is 12.5 Å². The van der Waals surface area contributed by atoms with Gasteiger partial charge < -0.3 is 5.32 Å². The molecule has 2 rings (SSSR count). The summed E-state index contributed by atoms with van der Waals surface area (Å²) in [4.78, 5) is 12.2. The van der Waals surface area contributed by atoms with Crippen molar-refractivity contribution < 1.29 is 4.79 Å². The van der Waals surface area contributed by atoms with Gasteiger partial charge >= 0.3 is 0 Å². The highest BCUT2D eigenvalue weighted by Gasteiger charge is 2.14. The largest absolute Gasteiger partial charge is 0.344 e. The van der Waals surface area contributed by atoms with Crippen molar-refractivity contribution in [2.45, 2.75) is 19.9 Å². The Morgan fingerprint density at radius 3 is 3.06 bits per heavy atom. The van der Waals surface area contributed by atoms with Gasteiger partial charge in [-0.25, -0.2) is 0 Å². The number of tetrazole rings is 1. The summed E-state index contributed by atoms with van der Waals surface area (Å²) >= 11 is 1.08. The maximum atomic E-state index is 11.7. The normalized spacial score (nSPS) is 10.3. The first-order chi connectivity index (χ1) is 7.81. The number of H-pyrrole nitrogens is 1. The van der Waals surface area contributed by atoms with Crippen molar-refractivity contribution >= 4 is 17.4 Å². The summed E-state index contributed by atoms with van der Waals surface area (Å²) < 4.78 is 3.74. The van der Waals surface area contributed by atoms with Crippen LogP contribution >= 0.6 is 11.5 Å². The number of rotatable bonds is 4. The van der Waals surface area contributed by atoms with Crippen molar-refractivity contribution in [3.8, 4) is 0 Å². The Morgan fingerprint density at radius 2 is 2.38 bits per heavy atom. The minimum Gasteiger partial charge on any atom is -0.344 e. The molecule has 0 unspecified atom stereocenters. The Kier molecular flexibility index (Phi) is 3.15. The van der Waals surface area contributed by atoms with Gasteiger partial charge in [0.05, 0.1) is 12.2 Å². The van der Waals surface area contributed by atoms with Crippen molar-refractivity contribution in [1.82, 2.24) is 35.5 Å². The lowest BCUT2D eigenvalue weighted by Gasteiger charge is -1.99. The van der Waals surface area contributed by atoms with Crippen LogP contribution in [0.1, 0.15) is 28.1 Å². The highest BCUT2D eigenvalue weighted by molar-refractivity contribution is 7.08. The third-order valence-corrected chi connectivity index (χ3v) is 2.66. The molecule has 2 aromatic heterocycles. The second-order valence-corrected chi connectivity index (χ2v) is 3.67. The minimum atomic E-state index is -0.211. The lowest BCUT2D eigenvalue weighted by atomic mass is 10.3. The zero-order chi connectivity index (χ0) is 11.4. The molecule has 0 radical (unpaired) electrons. The van der Waals surface area contributed by atoms with Crippen LogP contribution in [0.25, 0.3) is 0 Å². The Balaban J connectivity index is 1.98. The van der Waals surface area contributed by atoms with E-state index < -0.39 is 0 Å². The molecule has 0 aromatic carbocycles. The maximum absolute atomic E-state index is 11.7. The molecule has 2 aromatic rings. The van der Waals surface area contributed by atoms with Gasteiger partial charge in [-0.05, 0) is 18.0 Å². The quantitative estimate of drug-likeness (QED) is 0.747. The molecule has 9 heteroatoms. The number of carbonyl (C=O) groups excluding carboxylic acids is 1. The van der Waals surface area contributed by atoms with E-state index in [1.807, 2.05) is 6.92 Å². The molecule has 0 aliphatic rings. The van der Waals surface area contributed by atoms with Crippen LogP contribution in [0.15, 0.2) is 0 Å². The molecule has 84 valence electrons. The molecular formula is C7H9N7OS. The lowest BCUT2D eigenvalue weighted by Crippen LogP contribution is -2.23. The SMILES string of the molecule is CCc1nnsc1C(=O)NCc1nn[nH]n1. The van der Waals surface area contributed by atoms with Gasteiger partial charge in [0.15, 0.2) is 5.82 Å². The van der Waals surface area contributed by atoms with Crippen LogP contribution in [0.4, 0.5) is 0 Å². The fourth-order valence-corrected chi connectivity index (χ4v) is 1.78. The number of nitrogens with one attached hydrogen (secondary N) is 2. The molecule has 0 saturated carbocycles. The number of aryl methyl sites for hydroxylation is 1. The Labute approximate surface area is 94.6 Å². The van der Waals surface area contributed by atoms with Crippen molar-refractivity contribution in [3.05, 3.63) is 16.4 Å². The van der Waals surface area contributed by atoms with Crippen LogP contribution in [0.5, 0.6) is 0 Å². The molecule has 2 N–H and O–H groups in total. The van der Waals surface area contributed by atoms with Crippen molar-refractivity contribution in [3.63, 3.8) is 0 Å². The highest BCUT2D eigenvalue weighted by Crippen LogP contribution is 2.10. The predicted octanol–water partition coefficient (Wildman–Crippen LogP) is -0.456. The molecule has 0 saturated heterocycles. The van der Waals surface area contributed by atoms with E-state index in [1.54, 1.807) is 0 Å². The van der Waals surface area contributed by atoms with Crippen molar-refractivity contribution in [2.24, 2.45) is 0 Å². The van der Waals surface area contributed by atoms with E-state index in [9.17, 15) is 4.79 Å². The molecule has 0 aliphatic heterocycles. The zero-order valence-electron chi connectivity index (χ0n) is 8.47. The average Bonchev–Trinajstić information content (AvgIpc) is 2.96. The van der Waals surface area contributed by atoms with Crippen LogP contribution in [0, 0.1) is 0 Å². The summed E-state index contributed by atoms with van der Waals surface area (Å²) in [6, 6.07) is 0. The molecule has 2 heterocycles. The second kappa shape index (κ2) is 4.75. The third kappa shape index (κ3) is 2.19. The van der Waals surface area contributed by atoms with Crippen LogP contribution in [-0.2, 0) is 13.0 Å². The Bertz CT molecular complexity index is 465. The predicted molar refractivity (Wildman–Crippen MR) is 54.6 cm³/mol. The molecular weight excluding hydrogens is 230 g/mol. The number of aromatic nitrogens is 6. The van der Waals surface area contributed by atoms with Crippen molar-refractivity contribution in [2.75, 3.05) is 0 Å². The molecule has 0 fully saturated rings. The number of hydrogen-bond donors (Lipinski definition) is 2. The number of amides is 1. The summed E-state index contributed by atoms with van der Waals surface area (Å²) in [5.74, 6) is 0.223. The first-order valence-corrected chi connectivity index (χ1v) is 5.40. The van der Waals surface area contributed by atoms with Crippen LogP contribution < -0.4 is 5.32 Å². The number of nitrogens with zero attached hydrogens (tertiary/aromatic N) is 5. The summed E-state index contributed by atoms with van der Waals surface area (Å²) in [6.07, 6.45) is 0.682. The van der Waals surface area contributed by atoms with Crippen LogP contribution in [0.2, 0.25) is 0 Å². The number of hydrogen-bond acceptors (Lipinski definition) is 7. The Morgan fingerprint density at radius 1 is 1.50 bits per heavy atom.